The van der Waals surface area contributed by atoms with E-state index in [1.165, 1.54) is 6.07 Å². The van der Waals surface area contributed by atoms with E-state index in [1.807, 2.05) is 0 Å². The second-order valence-corrected chi connectivity index (χ2v) is 7.71. The van der Waals surface area contributed by atoms with Crippen LogP contribution in [0.3, 0.4) is 0 Å². The van der Waals surface area contributed by atoms with E-state index in [0.717, 1.165) is 17.4 Å². The van der Waals surface area contributed by atoms with Gasteiger partial charge in [-0.25, -0.2) is 17.2 Å². The van der Waals surface area contributed by atoms with E-state index >= 15 is 0 Å². The summed E-state index contributed by atoms with van der Waals surface area (Å²) in [6, 6.07) is 4.59. The molecule has 3 N–H and O–H groups in total. The Morgan fingerprint density at radius 1 is 1.25 bits per heavy atom. The molecule has 20 heavy (non-hydrogen) atoms. The van der Waals surface area contributed by atoms with Gasteiger partial charge in [0.05, 0.1) is 10.2 Å². The van der Waals surface area contributed by atoms with Gasteiger partial charge >= 0.3 is 0 Å². The Labute approximate surface area is 126 Å². The number of nitrogens with one attached hydrogen (secondary N) is 1. The molecule has 0 saturated heterocycles. The van der Waals surface area contributed by atoms with Crippen molar-refractivity contribution in [2.24, 2.45) is 5.73 Å². The summed E-state index contributed by atoms with van der Waals surface area (Å²) in [7, 11) is -3.93. The highest BCUT2D eigenvalue weighted by Crippen LogP contribution is 2.28. The molecule has 2 rings (SSSR count). The highest BCUT2D eigenvalue weighted by molar-refractivity contribution is 9.10. The van der Waals surface area contributed by atoms with Crippen LogP contribution in [-0.4, -0.2) is 8.42 Å². The number of hydrogen-bond acceptors (Lipinski definition) is 4. The minimum Gasteiger partial charge on any atom is -0.326 e. The van der Waals surface area contributed by atoms with Crippen molar-refractivity contribution in [1.82, 2.24) is 0 Å². The van der Waals surface area contributed by atoms with E-state index in [9.17, 15) is 17.2 Å². The second-order valence-electron chi connectivity index (χ2n) is 3.78. The van der Waals surface area contributed by atoms with Crippen LogP contribution < -0.4 is 10.5 Å². The van der Waals surface area contributed by atoms with Gasteiger partial charge in [0, 0.05) is 17.5 Å². The first-order chi connectivity index (χ1) is 9.33. The van der Waals surface area contributed by atoms with Gasteiger partial charge in [-0.1, -0.05) is 0 Å². The molecule has 0 aliphatic rings. The van der Waals surface area contributed by atoms with Crippen LogP contribution in [-0.2, 0) is 16.6 Å². The lowest BCUT2D eigenvalue weighted by molar-refractivity contribution is 0.579. The SMILES string of the molecule is NCc1ccc(S(=O)(=O)Nc2cc(Br)c(F)cc2F)s1. The number of nitrogens with two attached hydrogens (primary N) is 1. The standard InChI is InChI=1S/C11H9BrF2N2O2S2/c12-7-3-10(9(14)4-8(7)13)16-20(17,18)11-2-1-6(5-15)19-11/h1-4,16H,5,15H2. The van der Waals surface area contributed by atoms with E-state index in [4.69, 9.17) is 5.73 Å². The van der Waals surface area contributed by atoms with Crippen LogP contribution in [0.4, 0.5) is 14.5 Å². The molecule has 0 aliphatic heterocycles. The quantitative estimate of drug-likeness (QED) is 0.798. The fourth-order valence-electron chi connectivity index (χ4n) is 1.41. The number of halogens is 3. The lowest BCUT2D eigenvalue weighted by Gasteiger charge is -2.08. The maximum atomic E-state index is 13.5. The molecule has 0 bridgehead atoms. The van der Waals surface area contributed by atoms with Gasteiger partial charge in [0.15, 0.2) is 0 Å². The summed E-state index contributed by atoms with van der Waals surface area (Å²) >= 11 is 3.86. The van der Waals surface area contributed by atoms with Crippen molar-refractivity contribution < 1.29 is 17.2 Å². The Morgan fingerprint density at radius 3 is 2.55 bits per heavy atom. The van der Waals surface area contributed by atoms with Crippen LogP contribution in [0.25, 0.3) is 0 Å². The molecule has 0 saturated carbocycles. The largest absolute Gasteiger partial charge is 0.326 e. The lowest BCUT2D eigenvalue weighted by atomic mass is 10.3. The second kappa shape index (κ2) is 5.76. The first-order valence-corrected chi connectivity index (χ1v) is 8.39. The Hall–Kier alpha value is -1.03. The number of thiophene rings is 1. The zero-order valence-electron chi connectivity index (χ0n) is 9.86. The lowest BCUT2D eigenvalue weighted by Crippen LogP contribution is -2.12. The van der Waals surface area contributed by atoms with Gasteiger partial charge in [-0.05, 0) is 34.1 Å². The third-order valence-electron chi connectivity index (χ3n) is 2.36. The number of anilines is 1. The maximum Gasteiger partial charge on any atom is 0.271 e. The van der Waals surface area contributed by atoms with Crippen molar-refractivity contribution in [2.45, 2.75) is 10.8 Å². The Kier molecular flexibility index (Phi) is 4.43. The molecule has 9 heteroatoms. The highest BCUT2D eigenvalue weighted by Gasteiger charge is 2.19. The van der Waals surface area contributed by atoms with Gasteiger partial charge in [-0.3, -0.25) is 4.72 Å². The molecule has 0 radical (unpaired) electrons. The first-order valence-electron chi connectivity index (χ1n) is 5.29. The number of benzene rings is 1. The van der Waals surface area contributed by atoms with Gasteiger partial charge in [0.2, 0.25) is 0 Å². The van der Waals surface area contributed by atoms with Gasteiger partial charge in [0.25, 0.3) is 10.0 Å². The normalized spacial score (nSPS) is 11.6. The molecule has 2 aromatic rings. The van der Waals surface area contributed by atoms with E-state index in [0.29, 0.717) is 10.9 Å². The number of hydrogen-bond donors (Lipinski definition) is 2. The third-order valence-corrected chi connectivity index (χ3v) is 5.93. The summed E-state index contributed by atoms with van der Waals surface area (Å²) in [5, 5.41) is 0. The predicted molar refractivity (Wildman–Crippen MR) is 77.1 cm³/mol. The molecule has 4 nitrogen and oxygen atoms in total. The van der Waals surface area contributed by atoms with E-state index in [-0.39, 0.29) is 20.9 Å². The molecule has 0 spiro atoms. The Bertz CT molecular complexity index is 747. The number of rotatable bonds is 4. The molecule has 0 aliphatic carbocycles. The number of sulfonamides is 1. The summed E-state index contributed by atoms with van der Waals surface area (Å²) in [6.45, 7) is 0.219. The average molecular weight is 383 g/mol. The summed E-state index contributed by atoms with van der Waals surface area (Å²) in [4.78, 5) is 0.686. The van der Waals surface area contributed by atoms with Gasteiger partial charge in [-0.2, -0.15) is 0 Å². The summed E-state index contributed by atoms with van der Waals surface area (Å²) in [6.07, 6.45) is 0. The maximum absolute atomic E-state index is 13.5. The molecule has 108 valence electrons. The molecular weight excluding hydrogens is 374 g/mol. The molecule has 0 fully saturated rings. The van der Waals surface area contributed by atoms with Gasteiger partial charge in [-0.15, -0.1) is 11.3 Å². The minimum absolute atomic E-state index is 0.0118. The van der Waals surface area contributed by atoms with Crippen molar-refractivity contribution >= 4 is 43.0 Å². The van der Waals surface area contributed by atoms with Crippen LogP contribution >= 0.6 is 27.3 Å². The van der Waals surface area contributed by atoms with E-state index in [2.05, 4.69) is 20.7 Å². The molecule has 0 amide bonds. The van der Waals surface area contributed by atoms with Crippen molar-refractivity contribution in [2.75, 3.05) is 4.72 Å². The topological polar surface area (TPSA) is 72.2 Å². The van der Waals surface area contributed by atoms with Crippen LogP contribution in [0.5, 0.6) is 0 Å². The van der Waals surface area contributed by atoms with Crippen LogP contribution in [0.2, 0.25) is 0 Å². The fraction of sp³-hybridized carbons (Fsp3) is 0.0909. The van der Waals surface area contributed by atoms with Crippen molar-refractivity contribution in [1.29, 1.82) is 0 Å². The van der Waals surface area contributed by atoms with Crippen molar-refractivity contribution in [3.05, 3.63) is 45.2 Å². The Morgan fingerprint density at radius 2 is 1.95 bits per heavy atom. The molecule has 1 aromatic heterocycles. The van der Waals surface area contributed by atoms with Crippen LogP contribution in [0.15, 0.2) is 32.9 Å². The van der Waals surface area contributed by atoms with Gasteiger partial charge < -0.3 is 5.73 Å². The summed E-state index contributed by atoms with van der Waals surface area (Å²) in [5.74, 6) is -1.81. The molecule has 0 atom stereocenters. The third kappa shape index (κ3) is 3.17. The molecule has 1 aromatic carbocycles. The summed E-state index contributed by atoms with van der Waals surface area (Å²) in [5.41, 5.74) is 5.07. The molecular formula is C11H9BrF2N2O2S2. The van der Waals surface area contributed by atoms with Crippen molar-refractivity contribution in [3.63, 3.8) is 0 Å². The van der Waals surface area contributed by atoms with Crippen LogP contribution in [0, 0.1) is 11.6 Å². The summed E-state index contributed by atoms with van der Waals surface area (Å²) < 4.78 is 52.8. The van der Waals surface area contributed by atoms with E-state index < -0.39 is 21.7 Å². The zero-order valence-corrected chi connectivity index (χ0v) is 13.1. The van der Waals surface area contributed by atoms with Gasteiger partial charge in [0.1, 0.15) is 15.8 Å². The smallest absolute Gasteiger partial charge is 0.271 e. The van der Waals surface area contributed by atoms with E-state index in [1.54, 1.807) is 6.07 Å². The monoisotopic (exact) mass is 382 g/mol. The predicted octanol–water partition coefficient (Wildman–Crippen LogP) is 3.05. The van der Waals surface area contributed by atoms with Crippen molar-refractivity contribution in [3.8, 4) is 0 Å². The molecule has 0 unspecified atom stereocenters. The zero-order chi connectivity index (χ0) is 14.9. The van der Waals surface area contributed by atoms with Crippen LogP contribution in [0.1, 0.15) is 4.88 Å². The average Bonchev–Trinajstić information content (AvgIpc) is 2.85. The first kappa shape index (κ1) is 15.4. The fourth-order valence-corrected chi connectivity index (χ4v) is 4.04. The highest BCUT2D eigenvalue weighted by atomic mass is 79.9. The Balaban J connectivity index is 2.35. The molecule has 1 heterocycles. The minimum atomic E-state index is -3.93.